The summed E-state index contributed by atoms with van der Waals surface area (Å²) in [6, 6.07) is 0. The first-order valence-corrected chi connectivity index (χ1v) is 6.69. The molecule has 0 atom stereocenters. The van der Waals surface area contributed by atoms with Gasteiger partial charge in [-0.2, -0.15) is 0 Å². The summed E-state index contributed by atoms with van der Waals surface area (Å²) >= 11 is 0. The molecule has 0 aromatic rings. The number of ether oxygens (including phenoxy) is 4. The van der Waals surface area contributed by atoms with Crippen LogP contribution >= 0.6 is 0 Å². The summed E-state index contributed by atoms with van der Waals surface area (Å²) in [6.45, 7) is 3.43. The monoisotopic (exact) mass is 308 g/mol. The zero-order valence-electron chi connectivity index (χ0n) is 12.0. The van der Waals surface area contributed by atoms with Crippen molar-refractivity contribution < 1.29 is 33.6 Å². The van der Waals surface area contributed by atoms with Gasteiger partial charge in [-0.1, -0.05) is 0 Å². The maximum Gasteiger partial charge on any atom is 0.404 e. The van der Waals surface area contributed by atoms with Gasteiger partial charge in [0.05, 0.1) is 52.9 Å². The molecule has 0 spiro atoms. The summed E-state index contributed by atoms with van der Waals surface area (Å²) in [4.78, 5) is 20.5. The van der Waals surface area contributed by atoms with E-state index in [9.17, 15) is 9.59 Å². The highest BCUT2D eigenvalue weighted by molar-refractivity contribution is 5.73. The minimum absolute atomic E-state index is 0.213. The van der Waals surface area contributed by atoms with E-state index in [1.807, 2.05) is 0 Å². The number of primary amides is 1. The fourth-order valence-electron chi connectivity index (χ4n) is 1.16. The van der Waals surface area contributed by atoms with Crippen LogP contribution in [-0.4, -0.2) is 76.5 Å². The lowest BCUT2D eigenvalue weighted by Crippen LogP contribution is -2.25. The average molecular weight is 308 g/mol. The average Bonchev–Trinajstić information content (AvgIpc) is 2.42. The quantitative estimate of drug-likeness (QED) is 0.337. The van der Waals surface area contributed by atoms with Crippen LogP contribution in [0.5, 0.6) is 0 Å². The van der Waals surface area contributed by atoms with Crippen molar-refractivity contribution in [2.45, 2.75) is 6.42 Å². The van der Waals surface area contributed by atoms with Gasteiger partial charge >= 0.3 is 6.09 Å². The summed E-state index contributed by atoms with van der Waals surface area (Å²) in [5.74, 6) is -0.384. The SMILES string of the molecule is NC(=O)CCOCCOCCOCCOCCNC(=O)O. The lowest BCUT2D eigenvalue weighted by Gasteiger charge is -2.07. The van der Waals surface area contributed by atoms with Gasteiger partial charge in [-0.15, -0.1) is 0 Å². The number of carbonyl (C=O) groups is 2. The maximum atomic E-state index is 10.4. The highest BCUT2D eigenvalue weighted by atomic mass is 16.6. The molecule has 0 aromatic heterocycles. The van der Waals surface area contributed by atoms with Crippen LogP contribution in [0.3, 0.4) is 0 Å². The van der Waals surface area contributed by atoms with E-state index in [-0.39, 0.29) is 18.9 Å². The molecule has 0 saturated carbocycles. The van der Waals surface area contributed by atoms with Crippen molar-refractivity contribution in [3.8, 4) is 0 Å². The van der Waals surface area contributed by atoms with Gasteiger partial charge in [0.2, 0.25) is 5.91 Å². The summed E-state index contributed by atoms with van der Waals surface area (Å²) in [6.07, 6.45) is -0.851. The van der Waals surface area contributed by atoms with Crippen LogP contribution < -0.4 is 11.1 Å². The van der Waals surface area contributed by atoms with E-state index < -0.39 is 6.09 Å². The van der Waals surface area contributed by atoms with Crippen LogP contribution in [0.2, 0.25) is 0 Å². The number of amides is 2. The Balaban J connectivity index is 2.99. The van der Waals surface area contributed by atoms with E-state index in [0.29, 0.717) is 52.9 Å². The Bertz CT molecular complexity index is 250. The number of nitrogens with one attached hydrogen (secondary N) is 1. The molecule has 124 valence electrons. The van der Waals surface area contributed by atoms with Gasteiger partial charge in [0.1, 0.15) is 0 Å². The Kier molecular flexibility index (Phi) is 14.0. The zero-order valence-corrected chi connectivity index (χ0v) is 12.0. The molecule has 0 rings (SSSR count). The Morgan fingerprint density at radius 1 is 0.810 bits per heavy atom. The van der Waals surface area contributed by atoms with Gasteiger partial charge in [0.25, 0.3) is 0 Å². The molecule has 2 amide bonds. The Hall–Kier alpha value is -1.42. The van der Waals surface area contributed by atoms with Crippen molar-refractivity contribution in [2.75, 3.05) is 59.4 Å². The van der Waals surface area contributed by atoms with Gasteiger partial charge in [-0.05, 0) is 0 Å². The van der Waals surface area contributed by atoms with Crippen LogP contribution in [-0.2, 0) is 23.7 Å². The minimum atomic E-state index is -1.06. The lowest BCUT2D eigenvalue weighted by atomic mass is 10.4. The van der Waals surface area contributed by atoms with Crippen molar-refractivity contribution in [3.63, 3.8) is 0 Å². The summed E-state index contributed by atoms with van der Waals surface area (Å²) in [7, 11) is 0. The van der Waals surface area contributed by atoms with Crippen LogP contribution in [0.15, 0.2) is 0 Å². The van der Waals surface area contributed by atoms with E-state index in [0.717, 1.165) is 0 Å². The summed E-state index contributed by atoms with van der Waals surface area (Å²) in [5, 5.41) is 10.5. The largest absolute Gasteiger partial charge is 0.465 e. The topological polar surface area (TPSA) is 129 Å². The van der Waals surface area contributed by atoms with Crippen LogP contribution in [0.4, 0.5) is 4.79 Å². The molecule has 21 heavy (non-hydrogen) atoms. The van der Waals surface area contributed by atoms with Crippen molar-refractivity contribution >= 4 is 12.0 Å². The van der Waals surface area contributed by atoms with Gasteiger partial charge in [0.15, 0.2) is 0 Å². The molecule has 9 nitrogen and oxygen atoms in total. The number of nitrogens with two attached hydrogens (primary N) is 1. The first kappa shape index (κ1) is 19.6. The van der Waals surface area contributed by atoms with Crippen molar-refractivity contribution in [3.05, 3.63) is 0 Å². The molecule has 0 aromatic carbocycles. The molecule has 0 unspecified atom stereocenters. The Labute approximate surface area is 123 Å². The highest BCUT2D eigenvalue weighted by Crippen LogP contribution is 1.84. The Morgan fingerprint density at radius 2 is 1.24 bits per heavy atom. The fraction of sp³-hybridized carbons (Fsp3) is 0.833. The van der Waals surface area contributed by atoms with Gasteiger partial charge in [-0.25, -0.2) is 4.79 Å². The molecule has 0 bridgehead atoms. The van der Waals surface area contributed by atoms with E-state index >= 15 is 0 Å². The van der Waals surface area contributed by atoms with E-state index in [1.54, 1.807) is 0 Å². The molecule has 0 aliphatic carbocycles. The minimum Gasteiger partial charge on any atom is -0.465 e. The lowest BCUT2D eigenvalue weighted by molar-refractivity contribution is -0.119. The molecule has 0 heterocycles. The van der Waals surface area contributed by atoms with Crippen LogP contribution in [0.25, 0.3) is 0 Å². The first-order chi connectivity index (χ1) is 10.1. The summed E-state index contributed by atoms with van der Waals surface area (Å²) < 4.78 is 20.7. The zero-order chi connectivity index (χ0) is 15.8. The van der Waals surface area contributed by atoms with Gasteiger partial charge in [0, 0.05) is 13.0 Å². The predicted molar refractivity (Wildman–Crippen MR) is 73.1 cm³/mol. The molecule has 0 aliphatic rings. The molecular weight excluding hydrogens is 284 g/mol. The molecule has 0 aliphatic heterocycles. The highest BCUT2D eigenvalue weighted by Gasteiger charge is 1.95. The second-order valence-corrected chi connectivity index (χ2v) is 3.90. The molecule has 0 radical (unpaired) electrons. The van der Waals surface area contributed by atoms with E-state index in [2.05, 4.69) is 5.32 Å². The summed E-state index contributed by atoms with van der Waals surface area (Å²) in [5.41, 5.74) is 4.95. The van der Waals surface area contributed by atoms with Crippen molar-refractivity contribution in [2.24, 2.45) is 5.73 Å². The normalized spacial score (nSPS) is 10.5. The molecular formula is C12H24N2O7. The number of carboxylic acid groups (broad SMARTS) is 1. The Morgan fingerprint density at radius 3 is 1.67 bits per heavy atom. The third-order valence-corrected chi connectivity index (χ3v) is 2.13. The number of hydrogen-bond acceptors (Lipinski definition) is 6. The molecule has 9 heteroatoms. The predicted octanol–water partition coefficient (Wildman–Crippen LogP) is -0.804. The third kappa shape index (κ3) is 18.6. The molecule has 4 N–H and O–H groups in total. The van der Waals surface area contributed by atoms with Crippen molar-refractivity contribution in [1.29, 1.82) is 0 Å². The standard InChI is InChI=1S/C12H24N2O7/c13-11(15)1-3-18-5-7-20-9-10-21-8-6-19-4-2-14-12(16)17/h14H,1-10H2,(H2,13,15)(H,16,17). The van der Waals surface area contributed by atoms with Gasteiger partial charge < -0.3 is 35.1 Å². The van der Waals surface area contributed by atoms with Crippen molar-refractivity contribution in [1.82, 2.24) is 5.32 Å². The van der Waals surface area contributed by atoms with E-state index in [1.165, 1.54) is 0 Å². The van der Waals surface area contributed by atoms with Gasteiger partial charge in [-0.3, -0.25) is 4.79 Å². The number of rotatable bonds is 15. The molecule has 0 saturated heterocycles. The second kappa shape index (κ2) is 15.0. The number of carbonyl (C=O) groups excluding carboxylic acids is 1. The fourth-order valence-corrected chi connectivity index (χ4v) is 1.16. The van der Waals surface area contributed by atoms with E-state index in [4.69, 9.17) is 29.8 Å². The maximum absolute atomic E-state index is 10.4. The van der Waals surface area contributed by atoms with Crippen LogP contribution in [0.1, 0.15) is 6.42 Å². The first-order valence-electron chi connectivity index (χ1n) is 6.69. The second-order valence-electron chi connectivity index (χ2n) is 3.90. The van der Waals surface area contributed by atoms with Crippen LogP contribution in [0, 0.1) is 0 Å². The third-order valence-electron chi connectivity index (χ3n) is 2.13. The smallest absolute Gasteiger partial charge is 0.404 e. The molecule has 0 fully saturated rings. The number of hydrogen-bond donors (Lipinski definition) is 3.